The van der Waals surface area contributed by atoms with Gasteiger partial charge in [0.1, 0.15) is 18.2 Å². The maximum absolute atomic E-state index is 12.6. The number of ether oxygens (including phenoxy) is 2. The van der Waals surface area contributed by atoms with Gasteiger partial charge >= 0.3 is 0 Å². The average Bonchev–Trinajstić information content (AvgIpc) is 2.26. The summed E-state index contributed by atoms with van der Waals surface area (Å²) in [6, 6.07) is 3.14. The molecule has 0 fully saturated rings. The highest BCUT2D eigenvalue weighted by molar-refractivity contribution is 5.47. The smallest absolute Gasteiger partial charge is 0.128 e. The molecule has 0 aliphatic rings. The zero-order chi connectivity index (χ0) is 11.4. The Balaban J connectivity index is 3.27. The van der Waals surface area contributed by atoms with Gasteiger partial charge in [0.25, 0.3) is 0 Å². The van der Waals surface area contributed by atoms with E-state index in [9.17, 15) is 9.50 Å². The molecule has 1 unspecified atom stereocenters. The van der Waals surface area contributed by atoms with Gasteiger partial charge in [-0.15, -0.1) is 0 Å². The molecule has 0 aromatic heterocycles. The number of methoxy groups -OCH3 is 2. The van der Waals surface area contributed by atoms with Crippen molar-refractivity contribution in [2.45, 2.75) is 19.7 Å². The molecule has 1 aromatic rings. The molecule has 0 saturated carbocycles. The minimum atomic E-state index is -0.698. The fourth-order valence-electron chi connectivity index (χ4n) is 1.42. The highest BCUT2D eigenvalue weighted by atomic mass is 19.1. The lowest BCUT2D eigenvalue weighted by atomic mass is 10.1. The second-order valence-corrected chi connectivity index (χ2v) is 3.22. The standard InChI is InChI=1S/C11H15FO3/c1-7(13)9-4-8(6-12)10(14-2)5-11(9)15-3/h4-5,7,13H,6H2,1-3H3. The Kier molecular flexibility index (Phi) is 3.91. The molecule has 0 heterocycles. The highest BCUT2D eigenvalue weighted by Gasteiger charge is 2.14. The van der Waals surface area contributed by atoms with Crippen molar-refractivity contribution in [3.63, 3.8) is 0 Å². The van der Waals surface area contributed by atoms with Crippen molar-refractivity contribution in [1.82, 2.24) is 0 Å². The maximum Gasteiger partial charge on any atom is 0.128 e. The van der Waals surface area contributed by atoms with Gasteiger partial charge in [-0.2, -0.15) is 0 Å². The first kappa shape index (κ1) is 11.8. The molecule has 0 aliphatic heterocycles. The van der Waals surface area contributed by atoms with E-state index in [4.69, 9.17) is 9.47 Å². The predicted molar refractivity (Wildman–Crippen MR) is 55.0 cm³/mol. The summed E-state index contributed by atoms with van der Waals surface area (Å²) in [6.07, 6.45) is -0.698. The first-order valence-corrected chi connectivity index (χ1v) is 4.62. The van der Waals surface area contributed by atoms with Gasteiger partial charge in [0, 0.05) is 17.2 Å². The third kappa shape index (κ3) is 2.39. The molecule has 15 heavy (non-hydrogen) atoms. The summed E-state index contributed by atoms with van der Waals surface area (Å²) in [5, 5.41) is 9.48. The minimum absolute atomic E-state index is 0.411. The molecule has 0 spiro atoms. The van der Waals surface area contributed by atoms with E-state index < -0.39 is 12.8 Å². The molecule has 0 radical (unpaired) electrons. The Morgan fingerprint density at radius 1 is 1.27 bits per heavy atom. The summed E-state index contributed by atoms with van der Waals surface area (Å²) in [5.41, 5.74) is 0.972. The Labute approximate surface area is 88.4 Å². The number of aliphatic hydroxyl groups is 1. The summed E-state index contributed by atoms with van der Waals surface area (Å²) in [7, 11) is 2.96. The summed E-state index contributed by atoms with van der Waals surface area (Å²) in [4.78, 5) is 0. The Bertz CT molecular complexity index is 337. The van der Waals surface area contributed by atoms with Gasteiger partial charge in [0.2, 0.25) is 0 Å². The molecule has 0 amide bonds. The Morgan fingerprint density at radius 2 is 1.87 bits per heavy atom. The zero-order valence-corrected chi connectivity index (χ0v) is 9.08. The number of rotatable bonds is 4. The zero-order valence-electron chi connectivity index (χ0n) is 9.08. The first-order valence-electron chi connectivity index (χ1n) is 4.62. The summed E-state index contributed by atoms with van der Waals surface area (Å²) in [5.74, 6) is 0.929. The molecule has 0 saturated heterocycles. The largest absolute Gasteiger partial charge is 0.496 e. The van der Waals surface area contributed by atoms with Gasteiger partial charge in [0.05, 0.1) is 20.3 Å². The van der Waals surface area contributed by atoms with E-state index in [2.05, 4.69) is 0 Å². The number of hydrogen-bond donors (Lipinski definition) is 1. The molecule has 0 bridgehead atoms. The van der Waals surface area contributed by atoms with Crippen LogP contribution in [0.4, 0.5) is 4.39 Å². The number of hydrogen-bond acceptors (Lipinski definition) is 3. The van der Waals surface area contributed by atoms with E-state index in [0.717, 1.165) is 0 Å². The molecule has 3 nitrogen and oxygen atoms in total. The van der Waals surface area contributed by atoms with Crippen LogP contribution in [0, 0.1) is 0 Å². The van der Waals surface area contributed by atoms with Gasteiger partial charge in [-0.1, -0.05) is 0 Å². The summed E-state index contributed by atoms with van der Waals surface area (Å²) in [6.45, 7) is 0.971. The van der Waals surface area contributed by atoms with E-state index in [1.807, 2.05) is 0 Å². The van der Waals surface area contributed by atoms with Crippen LogP contribution in [0.2, 0.25) is 0 Å². The molecule has 4 heteroatoms. The van der Waals surface area contributed by atoms with E-state index in [1.165, 1.54) is 14.2 Å². The molecule has 0 aliphatic carbocycles. The molecule has 1 N–H and O–H groups in total. The third-order valence-corrected chi connectivity index (χ3v) is 2.23. The lowest BCUT2D eigenvalue weighted by Crippen LogP contribution is -2.00. The lowest BCUT2D eigenvalue weighted by molar-refractivity contribution is 0.194. The number of aliphatic hydroxyl groups excluding tert-OH is 1. The van der Waals surface area contributed by atoms with Crippen LogP contribution < -0.4 is 9.47 Å². The van der Waals surface area contributed by atoms with Crippen LogP contribution in [-0.2, 0) is 6.67 Å². The molecule has 1 aromatic carbocycles. The van der Waals surface area contributed by atoms with Crippen molar-refractivity contribution in [2.24, 2.45) is 0 Å². The van der Waals surface area contributed by atoms with E-state index in [-0.39, 0.29) is 0 Å². The van der Waals surface area contributed by atoms with Gasteiger partial charge in [-0.25, -0.2) is 4.39 Å². The average molecular weight is 214 g/mol. The minimum Gasteiger partial charge on any atom is -0.496 e. The first-order chi connectivity index (χ1) is 7.13. The molecular formula is C11H15FO3. The molecule has 84 valence electrons. The van der Waals surface area contributed by atoms with Crippen molar-refractivity contribution in [1.29, 1.82) is 0 Å². The van der Waals surface area contributed by atoms with Gasteiger partial charge in [-0.3, -0.25) is 0 Å². The normalized spacial score (nSPS) is 12.3. The molecular weight excluding hydrogens is 199 g/mol. The second-order valence-electron chi connectivity index (χ2n) is 3.22. The second kappa shape index (κ2) is 4.98. The number of benzene rings is 1. The molecule has 1 rings (SSSR count). The lowest BCUT2D eigenvalue weighted by Gasteiger charge is -2.14. The van der Waals surface area contributed by atoms with Crippen molar-refractivity contribution in [3.8, 4) is 11.5 Å². The number of alkyl halides is 1. The van der Waals surface area contributed by atoms with E-state index in [0.29, 0.717) is 22.6 Å². The fourth-order valence-corrected chi connectivity index (χ4v) is 1.42. The third-order valence-electron chi connectivity index (χ3n) is 2.23. The SMILES string of the molecule is COc1cc(OC)c(C(C)O)cc1CF. The van der Waals surface area contributed by atoms with Crippen LogP contribution in [0.25, 0.3) is 0 Å². The van der Waals surface area contributed by atoms with E-state index in [1.54, 1.807) is 19.1 Å². The van der Waals surface area contributed by atoms with Crippen molar-refractivity contribution < 1.29 is 19.0 Å². The monoisotopic (exact) mass is 214 g/mol. The van der Waals surface area contributed by atoms with Crippen LogP contribution >= 0.6 is 0 Å². The summed E-state index contributed by atoms with van der Waals surface area (Å²) >= 11 is 0. The quantitative estimate of drug-likeness (QED) is 0.835. The topological polar surface area (TPSA) is 38.7 Å². The Hall–Kier alpha value is -1.29. The van der Waals surface area contributed by atoms with Crippen LogP contribution in [0.3, 0.4) is 0 Å². The van der Waals surface area contributed by atoms with Crippen molar-refractivity contribution in [2.75, 3.05) is 14.2 Å². The fraction of sp³-hybridized carbons (Fsp3) is 0.455. The van der Waals surface area contributed by atoms with E-state index >= 15 is 0 Å². The molecule has 1 atom stereocenters. The van der Waals surface area contributed by atoms with Gasteiger partial charge in [0.15, 0.2) is 0 Å². The maximum atomic E-state index is 12.6. The number of halogens is 1. The predicted octanol–water partition coefficient (Wildman–Crippen LogP) is 2.23. The van der Waals surface area contributed by atoms with Crippen LogP contribution in [0.1, 0.15) is 24.2 Å². The highest BCUT2D eigenvalue weighted by Crippen LogP contribution is 2.33. The van der Waals surface area contributed by atoms with Gasteiger partial charge < -0.3 is 14.6 Å². The Morgan fingerprint density at radius 3 is 2.27 bits per heavy atom. The summed E-state index contributed by atoms with van der Waals surface area (Å²) < 4.78 is 22.7. The van der Waals surface area contributed by atoms with Gasteiger partial charge in [-0.05, 0) is 13.0 Å². The van der Waals surface area contributed by atoms with Crippen molar-refractivity contribution >= 4 is 0 Å². The van der Waals surface area contributed by atoms with Crippen LogP contribution in [0.5, 0.6) is 11.5 Å². The van der Waals surface area contributed by atoms with Crippen LogP contribution in [0.15, 0.2) is 12.1 Å². The van der Waals surface area contributed by atoms with Crippen molar-refractivity contribution in [3.05, 3.63) is 23.3 Å². The van der Waals surface area contributed by atoms with Crippen LogP contribution in [-0.4, -0.2) is 19.3 Å².